The Morgan fingerprint density at radius 3 is 2.81 bits per heavy atom. The first kappa shape index (κ1) is 16.3. The Morgan fingerprint density at radius 2 is 2.10 bits per heavy atom. The zero-order chi connectivity index (χ0) is 14.2. The van der Waals surface area contributed by atoms with E-state index in [-0.39, 0.29) is 23.9 Å². The fourth-order valence-corrected chi connectivity index (χ4v) is 3.11. The van der Waals surface area contributed by atoms with Gasteiger partial charge in [0.15, 0.2) is 0 Å². The molecular formula is C15H19Cl2N3O. The molecule has 2 atom stereocenters. The molecule has 2 aromatic rings. The molecule has 2 N–H and O–H groups in total. The van der Waals surface area contributed by atoms with E-state index in [1.165, 1.54) is 0 Å². The second-order valence-corrected chi connectivity index (χ2v) is 6.15. The number of hydrogen-bond donors (Lipinski definition) is 1. The van der Waals surface area contributed by atoms with Gasteiger partial charge in [0, 0.05) is 11.1 Å². The van der Waals surface area contributed by atoms with Crippen LogP contribution in [-0.2, 0) is 0 Å². The minimum atomic E-state index is -0.275. The molecule has 0 spiro atoms. The largest absolute Gasteiger partial charge is 0.339 e. The van der Waals surface area contributed by atoms with Crippen LogP contribution in [0.3, 0.4) is 0 Å². The van der Waals surface area contributed by atoms with E-state index in [1.807, 2.05) is 24.3 Å². The zero-order valence-corrected chi connectivity index (χ0v) is 13.5. The van der Waals surface area contributed by atoms with Crippen molar-refractivity contribution in [3.8, 4) is 11.4 Å². The van der Waals surface area contributed by atoms with Crippen LogP contribution >= 0.6 is 24.0 Å². The predicted molar refractivity (Wildman–Crippen MR) is 85.8 cm³/mol. The van der Waals surface area contributed by atoms with Gasteiger partial charge in [0.2, 0.25) is 11.7 Å². The maximum atomic E-state index is 6.38. The number of halogens is 2. The van der Waals surface area contributed by atoms with Crippen molar-refractivity contribution < 1.29 is 4.52 Å². The normalized spacial score (nSPS) is 25.4. The second-order valence-electron chi connectivity index (χ2n) is 5.74. The third-order valence-corrected chi connectivity index (χ3v) is 4.44. The second kappa shape index (κ2) is 6.34. The molecule has 3 rings (SSSR count). The van der Waals surface area contributed by atoms with Crippen LogP contribution in [0, 0.1) is 0 Å². The highest BCUT2D eigenvalue weighted by Crippen LogP contribution is 2.39. The van der Waals surface area contributed by atoms with Crippen LogP contribution in [0.5, 0.6) is 0 Å². The first-order valence-corrected chi connectivity index (χ1v) is 7.33. The third-order valence-electron chi connectivity index (χ3n) is 4.11. The van der Waals surface area contributed by atoms with E-state index < -0.39 is 0 Å². The van der Waals surface area contributed by atoms with Gasteiger partial charge in [-0.15, -0.1) is 12.4 Å². The van der Waals surface area contributed by atoms with E-state index in [2.05, 4.69) is 17.1 Å². The molecule has 21 heavy (non-hydrogen) atoms. The lowest BCUT2D eigenvalue weighted by molar-refractivity contribution is 0.223. The summed E-state index contributed by atoms with van der Waals surface area (Å²) in [5.74, 6) is 1.29. The van der Waals surface area contributed by atoms with Gasteiger partial charge in [0.05, 0.1) is 10.9 Å². The molecule has 4 nitrogen and oxygen atoms in total. The molecule has 114 valence electrons. The molecular weight excluding hydrogens is 309 g/mol. The number of nitrogens with two attached hydrogens (primary N) is 1. The summed E-state index contributed by atoms with van der Waals surface area (Å²) in [6, 6.07) is 7.50. The topological polar surface area (TPSA) is 64.9 Å². The van der Waals surface area contributed by atoms with Gasteiger partial charge >= 0.3 is 0 Å². The monoisotopic (exact) mass is 327 g/mol. The Morgan fingerprint density at radius 1 is 1.33 bits per heavy atom. The molecule has 1 aliphatic carbocycles. The van der Waals surface area contributed by atoms with Crippen LogP contribution in [0.15, 0.2) is 28.8 Å². The summed E-state index contributed by atoms with van der Waals surface area (Å²) >= 11 is 6.16. The molecule has 1 aliphatic rings. The van der Waals surface area contributed by atoms with Crippen molar-refractivity contribution in [2.24, 2.45) is 5.73 Å². The van der Waals surface area contributed by atoms with Crippen molar-refractivity contribution in [1.29, 1.82) is 0 Å². The number of benzene rings is 1. The van der Waals surface area contributed by atoms with E-state index in [4.69, 9.17) is 21.9 Å². The van der Waals surface area contributed by atoms with Crippen LogP contribution in [0.25, 0.3) is 11.4 Å². The lowest BCUT2D eigenvalue weighted by Crippen LogP contribution is -2.44. The Hall–Kier alpha value is -1.10. The lowest BCUT2D eigenvalue weighted by atomic mass is 9.74. The van der Waals surface area contributed by atoms with Crippen LogP contribution in [0.1, 0.15) is 44.4 Å². The molecule has 0 amide bonds. The molecule has 1 aromatic carbocycles. The first-order chi connectivity index (χ1) is 9.58. The van der Waals surface area contributed by atoms with E-state index in [0.717, 1.165) is 31.2 Å². The number of rotatable bonds is 2. The standard InChI is InChI=1S/C15H18ClN3O.ClH/c1-15(17)9-5-4-7-11(15)14-18-13(19-20-14)10-6-2-3-8-12(10)16;/h2-3,6,8,11H,4-5,7,9,17H2,1H3;1H. The van der Waals surface area contributed by atoms with Crippen LogP contribution < -0.4 is 5.73 Å². The smallest absolute Gasteiger partial charge is 0.231 e. The maximum absolute atomic E-state index is 6.38. The molecule has 0 aliphatic heterocycles. The highest BCUT2D eigenvalue weighted by atomic mass is 35.5. The first-order valence-electron chi connectivity index (χ1n) is 6.95. The summed E-state index contributed by atoms with van der Waals surface area (Å²) < 4.78 is 5.45. The fraction of sp³-hybridized carbons (Fsp3) is 0.467. The molecule has 0 radical (unpaired) electrons. The summed E-state index contributed by atoms with van der Waals surface area (Å²) in [5, 5.41) is 4.69. The van der Waals surface area contributed by atoms with E-state index in [0.29, 0.717) is 16.7 Å². The van der Waals surface area contributed by atoms with Gasteiger partial charge in [-0.1, -0.05) is 41.7 Å². The molecule has 1 heterocycles. The summed E-state index contributed by atoms with van der Waals surface area (Å²) in [5.41, 5.74) is 6.89. The summed E-state index contributed by atoms with van der Waals surface area (Å²) in [6.45, 7) is 2.07. The molecule has 0 bridgehead atoms. The van der Waals surface area contributed by atoms with Crippen molar-refractivity contribution in [2.75, 3.05) is 0 Å². The van der Waals surface area contributed by atoms with Gasteiger partial charge in [0.25, 0.3) is 0 Å². The number of aromatic nitrogens is 2. The van der Waals surface area contributed by atoms with Crippen LogP contribution in [0.4, 0.5) is 0 Å². The Kier molecular flexibility index (Phi) is 4.91. The Balaban J connectivity index is 0.00000161. The van der Waals surface area contributed by atoms with Gasteiger partial charge in [0.1, 0.15) is 0 Å². The average molecular weight is 328 g/mol. The summed E-state index contributed by atoms with van der Waals surface area (Å²) in [4.78, 5) is 4.52. The van der Waals surface area contributed by atoms with Crippen LogP contribution in [0.2, 0.25) is 5.02 Å². The number of nitrogens with zero attached hydrogens (tertiary/aromatic N) is 2. The molecule has 0 saturated heterocycles. The average Bonchev–Trinajstić information content (AvgIpc) is 2.88. The third kappa shape index (κ3) is 3.23. The molecule has 2 unspecified atom stereocenters. The SMILES string of the molecule is CC1(N)CCCCC1c1nc(-c2ccccc2Cl)no1.Cl. The van der Waals surface area contributed by atoms with Crippen LogP contribution in [-0.4, -0.2) is 15.7 Å². The van der Waals surface area contributed by atoms with Gasteiger partial charge in [-0.3, -0.25) is 0 Å². The Labute approximate surface area is 135 Å². The van der Waals surface area contributed by atoms with Gasteiger partial charge in [-0.25, -0.2) is 0 Å². The van der Waals surface area contributed by atoms with Crippen molar-refractivity contribution >= 4 is 24.0 Å². The van der Waals surface area contributed by atoms with Crippen molar-refractivity contribution in [3.05, 3.63) is 35.2 Å². The van der Waals surface area contributed by atoms with E-state index in [1.54, 1.807) is 0 Å². The summed E-state index contributed by atoms with van der Waals surface area (Å²) in [6.07, 6.45) is 4.30. The van der Waals surface area contributed by atoms with Gasteiger partial charge in [-0.05, 0) is 31.9 Å². The molecule has 6 heteroatoms. The quantitative estimate of drug-likeness (QED) is 0.898. The van der Waals surface area contributed by atoms with E-state index in [9.17, 15) is 0 Å². The van der Waals surface area contributed by atoms with Crippen molar-refractivity contribution in [1.82, 2.24) is 10.1 Å². The van der Waals surface area contributed by atoms with Crippen molar-refractivity contribution in [2.45, 2.75) is 44.1 Å². The highest BCUT2D eigenvalue weighted by Gasteiger charge is 2.37. The molecule has 1 aromatic heterocycles. The highest BCUT2D eigenvalue weighted by molar-refractivity contribution is 6.33. The Bertz CT molecular complexity index is 612. The molecule has 1 fully saturated rings. The lowest BCUT2D eigenvalue weighted by Gasteiger charge is -2.35. The summed E-state index contributed by atoms with van der Waals surface area (Å²) in [7, 11) is 0. The molecule has 1 saturated carbocycles. The fourth-order valence-electron chi connectivity index (χ4n) is 2.89. The minimum Gasteiger partial charge on any atom is -0.339 e. The maximum Gasteiger partial charge on any atom is 0.231 e. The van der Waals surface area contributed by atoms with E-state index >= 15 is 0 Å². The van der Waals surface area contributed by atoms with Gasteiger partial charge < -0.3 is 10.3 Å². The number of hydrogen-bond acceptors (Lipinski definition) is 4. The van der Waals surface area contributed by atoms with Gasteiger partial charge in [-0.2, -0.15) is 4.98 Å². The minimum absolute atomic E-state index is 0. The zero-order valence-electron chi connectivity index (χ0n) is 11.9. The van der Waals surface area contributed by atoms with Crippen molar-refractivity contribution in [3.63, 3.8) is 0 Å². The predicted octanol–water partition coefficient (Wildman–Crippen LogP) is 4.19.